The second-order valence-electron chi connectivity index (χ2n) is 7.23. The molecule has 2 aromatic carbocycles. The number of hydrogen-bond donors (Lipinski definition) is 1. The first-order valence-electron chi connectivity index (χ1n) is 9.37. The van der Waals surface area contributed by atoms with Gasteiger partial charge in [-0.15, -0.1) is 0 Å². The SMILES string of the molecule is COc1ccc(/C=C2/NC(=S)N(CC(C)C)C2=O)cc1COc1ccc(F)cc1Cl. The van der Waals surface area contributed by atoms with E-state index in [2.05, 4.69) is 5.32 Å². The van der Waals surface area contributed by atoms with Crippen molar-refractivity contribution in [2.75, 3.05) is 13.7 Å². The highest BCUT2D eigenvalue weighted by Gasteiger charge is 2.30. The highest BCUT2D eigenvalue weighted by Crippen LogP contribution is 2.28. The molecule has 0 saturated carbocycles. The summed E-state index contributed by atoms with van der Waals surface area (Å²) < 4.78 is 24.4. The molecule has 8 heteroatoms. The number of ether oxygens (including phenoxy) is 2. The minimum Gasteiger partial charge on any atom is -0.496 e. The first-order chi connectivity index (χ1) is 14.3. The van der Waals surface area contributed by atoms with E-state index in [0.29, 0.717) is 34.8 Å². The number of methoxy groups -OCH3 is 1. The predicted octanol–water partition coefficient (Wildman–Crippen LogP) is 4.78. The van der Waals surface area contributed by atoms with Gasteiger partial charge in [0.1, 0.15) is 29.6 Å². The highest BCUT2D eigenvalue weighted by atomic mass is 35.5. The van der Waals surface area contributed by atoms with Crippen molar-refractivity contribution in [2.45, 2.75) is 20.5 Å². The van der Waals surface area contributed by atoms with Crippen LogP contribution in [-0.2, 0) is 11.4 Å². The van der Waals surface area contributed by atoms with Crippen LogP contribution in [0.5, 0.6) is 11.5 Å². The van der Waals surface area contributed by atoms with Crippen molar-refractivity contribution < 1.29 is 18.7 Å². The van der Waals surface area contributed by atoms with Crippen LogP contribution in [0.25, 0.3) is 6.08 Å². The van der Waals surface area contributed by atoms with Gasteiger partial charge in [-0.25, -0.2) is 4.39 Å². The lowest BCUT2D eigenvalue weighted by molar-refractivity contribution is -0.122. The maximum Gasteiger partial charge on any atom is 0.276 e. The molecule has 0 unspecified atom stereocenters. The van der Waals surface area contributed by atoms with Gasteiger partial charge in [0.05, 0.1) is 12.1 Å². The number of halogens is 2. The van der Waals surface area contributed by atoms with Gasteiger partial charge in [-0.3, -0.25) is 9.69 Å². The summed E-state index contributed by atoms with van der Waals surface area (Å²) in [6.45, 7) is 4.77. The topological polar surface area (TPSA) is 50.8 Å². The molecular formula is C22H22ClFN2O3S. The number of carbonyl (C=O) groups is 1. The van der Waals surface area contributed by atoms with Crippen LogP contribution < -0.4 is 14.8 Å². The molecule has 1 saturated heterocycles. The molecule has 158 valence electrons. The minimum absolute atomic E-state index is 0.152. The van der Waals surface area contributed by atoms with E-state index in [0.717, 1.165) is 11.1 Å². The van der Waals surface area contributed by atoms with E-state index in [1.54, 1.807) is 24.2 Å². The molecule has 0 spiro atoms. The van der Waals surface area contributed by atoms with Gasteiger partial charge in [0.25, 0.3) is 5.91 Å². The summed E-state index contributed by atoms with van der Waals surface area (Å²) in [5.41, 5.74) is 1.95. The summed E-state index contributed by atoms with van der Waals surface area (Å²) >= 11 is 11.3. The van der Waals surface area contributed by atoms with Gasteiger partial charge in [0.2, 0.25) is 0 Å². The second kappa shape index (κ2) is 9.45. The molecule has 0 atom stereocenters. The number of nitrogens with one attached hydrogen (secondary N) is 1. The van der Waals surface area contributed by atoms with Crippen molar-refractivity contribution in [3.8, 4) is 11.5 Å². The lowest BCUT2D eigenvalue weighted by atomic mass is 10.1. The third-order valence-electron chi connectivity index (χ3n) is 4.40. The van der Waals surface area contributed by atoms with Crippen LogP contribution in [0.3, 0.4) is 0 Å². The van der Waals surface area contributed by atoms with Crippen LogP contribution in [0.1, 0.15) is 25.0 Å². The van der Waals surface area contributed by atoms with Crippen LogP contribution in [0, 0.1) is 11.7 Å². The average Bonchev–Trinajstić information content (AvgIpc) is 2.94. The first-order valence-corrected chi connectivity index (χ1v) is 10.2. The largest absolute Gasteiger partial charge is 0.496 e. The molecule has 1 aliphatic rings. The lowest BCUT2D eigenvalue weighted by Gasteiger charge is -2.16. The molecule has 30 heavy (non-hydrogen) atoms. The minimum atomic E-state index is -0.434. The van der Waals surface area contributed by atoms with Gasteiger partial charge >= 0.3 is 0 Å². The summed E-state index contributed by atoms with van der Waals surface area (Å²) in [5, 5.41) is 3.57. The van der Waals surface area contributed by atoms with Crippen molar-refractivity contribution in [1.29, 1.82) is 0 Å². The van der Waals surface area contributed by atoms with Gasteiger partial charge in [-0.2, -0.15) is 0 Å². The quantitative estimate of drug-likeness (QED) is 0.488. The van der Waals surface area contributed by atoms with Gasteiger partial charge in [0, 0.05) is 12.1 Å². The van der Waals surface area contributed by atoms with Gasteiger partial charge in [-0.1, -0.05) is 31.5 Å². The summed E-state index contributed by atoms with van der Waals surface area (Å²) in [6.07, 6.45) is 1.74. The molecule has 1 aliphatic heterocycles. The Balaban J connectivity index is 1.81. The molecule has 1 fully saturated rings. The molecular weight excluding hydrogens is 427 g/mol. The van der Waals surface area contributed by atoms with Crippen LogP contribution >= 0.6 is 23.8 Å². The third-order valence-corrected chi connectivity index (χ3v) is 5.02. The standard InChI is InChI=1S/C22H22ClFN2O3S/c1-13(2)11-26-21(27)18(25-22(26)30)9-14-4-6-19(28-3)15(8-14)12-29-20-7-5-16(24)10-17(20)23/h4-10,13H,11-12H2,1-3H3,(H,25,30)/b18-9+. The van der Waals surface area contributed by atoms with Crippen molar-refractivity contribution in [3.63, 3.8) is 0 Å². The zero-order valence-corrected chi connectivity index (χ0v) is 18.4. The zero-order chi connectivity index (χ0) is 21.8. The Hall–Kier alpha value is -2.64. The molecule has 1 amide bonds. The summed E-state index contributed by atoms with van der Waals surface area (Å²) in [4.78, 5) is 14.2. The highest BCUT2D eigenvalue weighted by molar-refractivity contribution is 7.80. The summed E-state index contributed by atoms with van der Waals surface area (Å²) in [6, 6.07) is 9.43. The van der Waals surface area contributed by atoms with E-state index in [-0.39, 0.29) is 17.5 Å². The van der Waals surface area contributed by atoms with Gasteiger partial charge < -0.3 is 14.8 Å². The average molecular weight is 449 g/mol. The molecule has 0 bridgehead atoms. The molecule has 0 aliphatic carbocycles. The molecule has 0 radical (unpaired) electrons. The van der Waals surface area contributed by atoms with E-state index in [9.17, 15) is 9.18 Å². The maximum atomic E-state index is 13.2. The zero-order valence-electron chi connectivity index (χ0n) is 16.9. The number of hydrogen-bond acceptors (Lipinski definition) is 4. The fraction of sp³-hybridized carbons (Fsp3) is 0.273. The lowest BCUT2D eigenvalue weighted by Crippen LogP contribution is -2.33. The van der Waals surface area contributed by atoms with Crippen molar-refractivity contribution in [1.82, 2.24) is 10.2 Å². The molecule has 2 aromatic rings. The molecule has 1 N–H and O–H groups in total. The number of amides is 1. The number of thiocarbonyl (C=S) groups is 1. The fourth-order valence-electron chi connectivity index (χ4n) is 3.02. The van der Waals surface area contributed by atoms with Crippen molar-refractivity contribution in [2.24, 2.45) is 5.92 Å². The number of nitrogens with zero attached hydrogens (tertiary/aromatic N) is 1. The predicted molar refractivity (Wildman–Crippen MR) is 119 cm³/mol. The van der Waals surface area contributed by atoms with Crippen LogP contribution in [-0.4, -0.2) is 29.6 Å². The molecule has 1 heterocycles. The van der Waals surface area contributed by atoms with Crippen LogP contribution in [0.4, 0.5) is 4.39 Å². The van der Waals surface area contributed by atoms with Crippen LogP contribution in [0.15, 0.2) is 42.1 Å². The van der Waals surface area contributed by atoms with Crippen molar-refractivity contribution in [3.05, 3.63) is 64.1 Å². The van der Waals surface area contributed by atoms with Crippen LogP contribution in [0.2, 0.25) is 5.02 Å². The maximum absolute atomic E-state index is 13.2. The Morgan fingerprint density at radius 2 is 1.97 bits per heavy atom. The van der Waals surface area contributed by atoms with E-state index in [1.165, 1.54) is 18.2 Å². The normalized spacial score (nSPS) is 15.1. The van der Waals surface area contributed by atoms with Gasteiger partial charge in [-0.05, 0) is 60.1 Å². The van der Waals surface area contributed by atoms with Gasteiger partial charge in [0.15, 0.2) is 5.11 Å². The Morgan fingerprint density at radius 3 is 2.63 bits per heavy atom. The summed E-state index contributed by atoms with van der Waals surface area (Å²) in [7, 11) is 1.56. The number of benzene rings is 2. The van der Waals surface area contributed by atoms with E-state index in [4.69, 9.17) is 33.3 Å². The van der Waals surface area contributed by atoms with E-state index >= 15 is 0 Å². The molecule has 3 rings (SSSR count). The first kappa shape index (κ1) is 22.1. The summed E-state index contributed by atoms with van der Waals surface area (Å²) in [5.74, 6) is 0.706. The Morgan fingerprint density at radius 1 is 1.23 bits per heavy atom. The third kappa shape index (κ3) is 5.09. The Labute approximate surface area is 185 Å². The Kier molecular flexibility index (Phi) is 6.95. The second-order valence-corrected chi connectivity index (χ2v) is 8.03. The molecule has 5 nitrogen and oxygen atoms in total. The van der Waals surface area contributed by atoms with Crippen molar-refractivity contribution >= 4 is 40.9 Å². The smallest absolute Gasteiger partial charge is 0.276 e. The van der Waals surface area contributed by atoms with E-state index < -0.39 is 5.82 Å². The van der Waals surface area contributed by atoms with E-state index in [1.807, 2.05) is 26.0 Å². The fourth-order valence-corrected chi connectivity index (χ4v) is 3.51. The number of carbonyl (C=O) groups excluding carboxylic acids is 1. The molecule has 0 aromatic heterocycles. The number of rotatable bonds is 7. The monoisotopic (exact) mass is 448 g/mol. The Bertz CT molecular complexity index is 1010.